The molecule has 0 N–H and O–H groups in total. The average Bonchev–Trinajstić information content (AvgIpc) is 1.55. The fourth-order valence-electron chi connectivity index (χ4n) is 19.9. The predicted molar refractivity (Wildman–Crippen MR) is 538 cm³/mol. The van der Waals surface area contributed by atoms with Gasteiger partial charge in [-0.2, -0.15) is 0 Å². The van der Waals surface area contributed by atoms with Gasteiger partial charge in [-0.25, -0.2) is 0 Å². The summed E-state index contributed by atoms with van der Waals surface area (Å²) in [6, 6.07) is 172. The van der Waals surface area contributed by atoms with Crippen LogP contribution in [0.25, 0.3) is 209 Å². The molecule has 0 spiro atoms. The third-order valence-corrected chi connectivity index (χ3v) is 26.1. The minimum atomic E-state index is 0.837. The van der Waals surface area contributed by atoms with E-state index in [9.17, 15) is 0 Å². The summed E-state index contributed by atoms with van der Waals surface area (Å²) in [6.07, 6.45) is 0. The van der Waals surface area contributed by atoms with E-state index in [-0.39, 0.29) is 0 Å². The second-order valence-electron chi connectivity index (χ2n) is 33.4. The summed E-state index contributed by atoms with van der Waals surface area (Å²) < 4.78 is 18.9. The van der Waals surface area contributed by atoms with Crippen LogP contribution in [-0.2, 0) is 0 Å². The van der Waals surface area contributed by atoms with Crippen LogP contribution in [0, 0.1) is 0 Å². The van der Waals surface area contributed by atoms with Crippen LogP contribution < -0.4 is 9.80 Å². The molecule has 0 bridgehead atoms. The van der Waals surface area contributed by atoms with Crippen molar-refractivity contribution in [3.63, 3.8) is 0 Å². The molecule has 0 amide bonds. The highest BCUT2D eigenvalue weighted by atomic mass is 16.3. The normalized spacial score (nSPS) is 11.8. The van der Waals surface area contributed by atoms with Crippen molar-refractivity contribution < 1.29 is 8.83 Å². The minimum absolute atomic E-state index is 0.837. The Hall–Kier alpha value is -17.1. The van der Waals surface area contributed by atoms with Gasteiger partial charge >= 0.3 is 0 Å². The van der Waals surface area contributed by atoms with Gasteiger partial charge in [0.25, 0.3) is 0 Å². The quantitative estimate of drug-likeness (QED) is 0.0967. The Morgan fingerprint density at radius 3 is 0.914 bits per heavy atom. The summed E-state index contributed by atoms with van der Waals surface area (Å²) in [7, 11) is 0. The van der Waals surface area contributed by atoms with Crippen LogP contribution in [0.1, 0.15) is 0 Å². The number of furan rings is 2. The first-order chi connectivity index (χ1) is 63.4. The van der Waals surface area contributed by atoms with Gasteiger partial charge in [0, 0.05) is 105 Å². The first-order valence-corrected chi connectivity index (χ1v) is 43.8. The second-order valence-corrected chi connectivity index (χ2v) is 33.4. The largest absolute Gasteiger partial charge is 0.455 e. The fraction of sp³-hybridized carbons (Fsp3) is 0. The van der Waals surface area contributed by atoms with E-state index in [2.05, 4.69) is 486 Å². The summed E-state index contributed by atoms with van der Waals surface area (Å²) in [4.78, 5) is 4.79. The van der Waals surface area contributed by atoms with Crippen LogP contribution in [0.2, 0.25) is 0 Å². The van der Waals surface area contributed by atoms with Crippen LogP contribution in [0.5, 0.6) is 0 Å². The number of hydrogen-bond donors (Lipinski definition) is 0. The molecule has 128 heavy (non-hydrogen) atoms. The number of fused-ring (bicyclic) bond motifs is 14. The molecule has 0 atom stereocenters. The Kier molecular flexibility index (Phi) is 17.5. The average molecular weight is 1630 g/mol. The molecule has 0 radical (unpaired) electrons. The zero-order valence-corrected chi connectivity index (χ0v) is 69.6. The van der Waals surface area contributed by atoms with E-state index >= 15 is 0 Å². The molecule has 0 aliphatic carbocycles. The van der Waals surface area contributed by atoms with Gasteiger partial charge in [-0.15, -0.1) is 0 Å². The molecule has 6 nitrogen and oxygen atoms in total. The van der Waals surface area contributed by atoms with E-state index in [1.54, 1.807) is 0 Å². The summed E-state index contributed by atoms with van der Waals surface area (Å²) in [6.45, 7) is 0. The van der Waals surface area contributed by atoms with Crippen LogP contribution in [-0.4, -0.2) is 9.13 Å². The Bertz CT molecular complexity index is 8580. The number of nitrogens with zero attached hydrogens (tertiary/aromatic N) is 4. The fourth-order valence-corrected chi connectivity index (χ4v) is 19.9. The highest BCUT2D eigenvalue weighted by Crippen LogP contribution is 2.50. The molecule has 598 valence electrons. The lowest BCUT2D eigenvalue weighted by Gasteiger charge is -2.28. The summed E-state index contributed by atoms with van der Waals surface area (Å²) >= 11 is 0. The number of rotatable bonds is 16. The summed E-state index contributed by atoms with van der Waals surface area (Å²) in [5.41, 5.74) is 34.3. The predicted octanol–water partition coefficient (Wildman–Crippen LogP) is 34.3. The van der Waals surface area contributed by atoms with Gasteiger partial charge in [0.05, 0.1) is 33.4 Å². The summed E-state index contributed by atoms with van der Waals surface area (Å²) in [5.74, 6) is 0. The van der Waals surface area contributed by atoms with Crippen LogP contribution in [0.15, 0.2) is 482 Å². The van der Waals surface area contributed by atoms with Crippen LogP contribution in [0.4, 0.5) is 34.1 Å². The minimum Gasteiger partial charge on any atom is -0.455 e. The standard InChI is InChI=1S/C122H78N4O2/c1-2-23-87-74-90(55-52-79(87)22-1)85-64-72-97(73-65-85)124(96-70-62-84(63-71-96)89-25-18-27-99(78-89)126-117-45-14-5-30-103(117)104-31-6-15-46-118(104)126)114-42-11-8-33-106(114)109-37-21-40-112-111-39-19-35-100(120(111)128-122(109)112)92-57-54-86-53-56-91(75-93(86)76-92)82-50-48-80(49-51-82)81-58-66-94(67-59-81)123(113-41-10-7-32-105(113)108-36-20-38-110-107-34-9-16-47-119(107)127-121(108)110)95-68-60-83(61-69-95)88-24-17-26-98(77-88)125-115-43-12-3-28-101(115)102-29-4-13-44-116(102)125/h1-78H. The molecular weight excluding hydrogens is 1550 g/mol. The van der Waals surface area contributed by atoms with E-state index in [0.717, 1.165) is 184 Å². The van der Waals surface area contributed by atoms with Crippen molar-refractivity contribution in [2.24, 2.45) is 0 Å². The molecule has 0 saturated heterocycles. The highest BCUT2D eigenvalue weighted by molar-refractivity contribution is 6.16. The molecule has 25 rings (SSSR count). The molecule has 0 unspecified atom stereocenters. The number of para-hydroxylation sites is 10. The molecule has 0 aliphatic heterocycles. The van der Waals surface area contributed by atoms with Crippen molar-refractivity contribution in [3.8, 4) is 100 Å². The maximum absolute atomic E-state index is 7.39. The Balaban J connectivity index is 0.527. The number of anilines is 6. The maximum atomic E-state index is 7.39. The summed E-state index contributed by atoms with van der Waals surface area (Å²) in [5, 5.41) is 14.1. The van der Waals surface area contributed by atoms with Gasteiger partial charge in [0.15, 0.2) is 0 Å². The molecule has 25 aromatic rings. The van der Waals surface area contributed by atoms with Crippen molar-refractivity contribution in [2.75, 3.05) is 9.80 Å². The Morgan fingerprint density at radius 2 is 0.453 bits per heavy atom. The van der Waals surface area contributed by atoms with E-state index in [1.165, 1.54) is 59.9 Å². The molecule has 4 aromatic heterocycles. The van der Waals surface area contributed by atoms with E-state index in [4.69, 9.17) is 8.83 Å². The molecule has 0 saturated carbocycles. The number of aromatic nitrogens is 2. The van der Waals surface area contributed by atoms with Gasteiger partial charge in [-0.1, -0.05) is 340 Å². The molecule has 0 fully saturated rings. The van der Waals surface area contributed by atoms with Gasteiger partial charge in [-0.05, 0) is 216 Å². The zero-order valence-electron chi connectivity index (χ0n) is 69.6. The molecule has 4 heterocycles. The van der Waals surface area contributed by atoms with E-state index in [1.807, 2.05) is 6.07 Å². The Labute approximate surface area is 739 Å². The third kappa shape index (κ3) is 12.6. The lowest BCUT2D eigenvalue weighted by molar-refractivity contribution is 0.670. The molecule has 6 heteroatoms. The molecule has 0 aliphatic rings. The number of hydrogen-bond acceptors (Lipinski definition) is 4. The molecule has 21 aromatic carbocycles. The van der Waals surface area contributed by atoms with E-state index in [0.29, 0.717) is 0 Å². The second kappa shape index (κ2) is 30.5. The maximum Gasteiger partial charge on any atom is 0.143 e. The topological polar surface area (TPSA) is 42.6 Å². The van der Waals surface area contributed by atoms with Gasteiger partial charge in [-0.3, -0.25) is 0 Å². The first kappa shape index (κ1) is 73.6. The van der Waals surface area contributed by atoms with E-state index < -0.39 is 0 Å². The van der Waals surface area contributed by atoms with Crippen molar-refractivity contribution in [1.82, 2.24) is 9.13 Å². The van der Waals surface area contributed by atoms with Crippen molar-refractivity contribution in [3.05, 3.63) is 473 Å². The monoisotopic (exact) mass is 1630 g/mol. The smallest absolute Gasteiger partial charge is 0.143 e. The van der Waals surface area contributed by atoms with Crippen molar-refractivity contribution in [2.45, 2.75) is 0 Å². The van der Waals surface area contributed by atoms with Crippen LogP contribution in [0.3, 0.4) is 0 Å². The Morgan fingerprint density at radius 1 is 0.164 bits per heavy atom. The van der Waals surface area contributed by atoms with Gasteiger partial charge in [0.1, 0.15) is 22.3 Å². The lowest BCUT2D eigenvalue weighted by atomic mass is 9.95. The van der Waals surface area contributed by atoms with Crippen LogP contribution >= 0.6 is 0 Å². The lowest BCUT2D eigenvalue weighted by Crippen LogP contribution is -2.11. The van der Waals surface area contributed by atoms with Crippen molar-refractivity contribution in [1.29, 1.82) is 0 Å². The number of benzene rings is 21. The van der Waals surface area contributed by atoms with Crippen molar-refractivity contribution >= 4 is 143 Å². The SMILES string of the molecule is c1cc(-c2ccc(N(c3ccc(-c4ccc(-c5ccc6ccc(-c7cccc8c7oc7c(-c9ccccc9N(c9ccc(-c%10cccc(-n%11c%12ccccc%12c%12ccccc%12%11)c%10)cc9)c9ccc(-c%10ccc%11ccccc%11c%10)cc9)cccc78)cc6c5)cc4)cc3)c3ccccc3-c3cccc4c3oc3ccccc34)cc2)cc(-n2c3ccccc3c3ccccc32)c1. The zero-order chi connectivity index (χ0) is 84.3. The molecular formula is C122H78N4O2. The highest BCUT2D eigenvalue weighted by Gasteiger charge is 2.26. The van der Waals surface area contributed by atoms with Gasteiger partial charge in [0.2, 0.25) is 0 Å². The van der Waals surface area contributed by atoms with Gasteiger partial charge < -0.3 is 27.8 Å². The third-order valence-electron chi connectivity index (χ3n) is 26.1. The first-order valence-electron chi connectivity index (χ1n) is 43.8.